The van der Waals surface area contributed by atoms with Gasteiger partial charge in [-0.15, -0.1) is 0 Å². The molecule has 1 amide bonds. The first-order chi connectivity index (χ1) is 10.9. The summed E-state index contributed by atoms with van der Waals surface area (Å²) < 4.78 is 0.290. The molecule has 2 rings (SSSR count). The number of aliphatic carboxylic acids is 1. The average Bonchev–Trinajstić information content (AvgIpc) is 2.77. The second kappa shape index (κ2) is 7.95. The molecule has 1 heterocycles. The lowest BCUT2D eigenvalue weighted by Gasteiger charge is -2.22. The van der Waals surface area contributed by atoms with Crippen LogP contribution in [0, 0.1) is 0 Å². The lowest BCUT2D eigenvalue weighted by Crippen LogP contribution is -2.43. The second-order valence-electron chi connectivity index (χ2n) is 5.10. The Kier molecular flexibility index (Phi) is 6.21. The van der Waals surface area contributed by atoms with Gasteiger partial charge in [0.1, 0.15) is 10.4 Å². The Balaban J connectivity index is 2.24. The molecular formula is C16H16ClNO3S2. The zero-order chi connectivity index (χ0) is 17.0. The molecule has 1 aliphatic rings. The van der Waals surface area contributed by atoms with Crippen molar-refractivity contribution in [3.05, 3.63) is 39.8 Å². The number of carbonyl (C=O) groups is 2. The Morgan fingerprint density at radius 1 is 1.43 bits per heavy atom. The van der Waals surface area contributed by atoms with Crippen molar-refractivity contribution in [1.29, 1.82) is 0 Å². The van der Waals surface area contributed by atoms with Crippen molar-refractivity contribution in [2.45, 2.75) is 32.2 Å². The fraction of sp³-hybridized carbons (Fsp3) is 0.312. The number of carboxylic acid groups (broad SMARTS) is 1. The quantitative estimate of drug-likeness (QED) is 0.602. The fourth-order valence-electron chi connectivity index (χ4n) is 2.22. The van der Waals surface area contributed by atoms with E-state index in [4.69, 9.17) is 23.8 Å². The summed E-state index contributed by atoms with van der Waals surface area (Å²) in [5.74, 6) is -1.37. The van der Waals surface area contributed by atoms with Crippen LogP contribution < -0.4 is 0 Å². The number of hydrogen-bond donors (Lipinski definition) is 1. The number of rotatable bonds is 6. The summed E-state index contributed by atoms with van der Waals surface area (Å²) in [6.45, 7) is 1.98. The molecule has 0 unspecified atom stereocenters. The van der Waals surface area contributed by atoms with Gasteiger partial charge in [0.15, 0.2) is 0 Å². The molecule has 0 saturated carbocycles. The molecule has 0 aromatic heterocycles. The zero-order valence-electron chi connectivity index (χ0n) is 12.5. The molecule has 1 aromatic carbocycles. The third-order valence-electron chi connectivity index (χ3n) is 3.42. The van der Waals surface area contributed by atoms with Crippen LogP contribution in [0.2, 0.25) is 5.02 Å². The minimum Gasteiger partial charge on any atom is -0.480 e. The smallest absolute Gasteiger partial charge is 0.326 e. The lowest BCUT2D eigenvalue weighted by atomic mass is 10.1. The van der Waals surface area contributed by atoms with Crippen molar-refractivity contribution in [3.63, 3.8) is 0 Å². The first kappa shape index (κ1) is 18.0. The zero-order valence-corrected chi connectivity index (χ0v) is 14.9. The molecule has 1 atom stereocenters. The van der Waals surface area contributed by atoms with Crippen molar-refractivity contribution in [1.82, 2.24) is 4.90 Å². The summed E-state index contributed by atoms with van der Waals surface area (Å²) in [5, 5.41) is 10.0. The fourth-order valence-corrected chi connectivity index (χ4v) is 3.70. The van der Waals surface area contributed by atoms with Crippen LogP contribution in [0.3, 0.4) is 0 Å². The van der Waals surface area contributed by atoms with Gasteiger partial charge in [0.05, 0.1) is 4.91 Å². The molecule has 0 spiro atoms. The van der Waals surface area contributed by atoms with Gasteiger partial charge in [-0.1, -0.05) is 67.5 Å². The van der Waals surface area contributed by atoms with Gasteiger partial charge in [-0.05, 0) is 30.2 Å². The van der Waals surface area contributed by atoms with E-state index in [1.807, 2.05) is 6.92 Å². The summed E-state index contributed by atoms with van der Waals surface area (Å²) in [4.78, 5) is 25.7. The predicted molar refractivity (Wildman–Crippen MR) is 97.4 cm³/mol. The molecule has 1 saturated heterocycles. The first-order valence-electron chi connectivity index (χ1n) is 7.19. The molecule has 23 heavy (non-hydrogen) atoms. The van der Waals surface area contributed by atoms with E-state index in [-0.39, 0.29) is 5.91 Å². The van der Waals surface area contributed by atoms with Crippen molar-refractivity contribution in [2.75, 3.05) is 0 Å². The van der Waals surface area contributed by atoms with Crippen LogP contribution >= 0.6 is 35.6 Å². The first-order valence-corrected chi connectivity index (χ1v) is 8.79. The molecular weight excluding hydrogens is 354 g/mol. The highest BCUT2D eigenvalue weighted by Crippen LogP contribution is 2.35. The Bertz CT molecular complexity index is 658. The third-order valence-corrected chi connectivity index (χ3v) is 5.00. The van der Waals surface area contributed by atoms with E-state index < -0.39 is 12.0 Å². The highest BCUT2D eigenvalue weighted by atomic mass is 35.5. The molecule has 0 bridgehead atoms. The number of benzene rings is 1. The highest BCUT2D eigenvalue weighted by Gasteiger charge is 2.40. The Hall–Kier alpha value is -1.37. The maximum absolute atomic E-state index is 12.6. The number of amides is 1. The van der Waals surface area contributed by atoms with Gasteiger partial charge < -0.3 is 5.11 Å². The molecule has 0 aliphatic carbocycles. The van der Waals surface area contributed by atoms with Crippen LogP contribution in [0.25, 0.3) is 6.08 Å². The monoisotopic (exact) mass is 369 g/mol. The van der Waals surface area contributed by atoms with Crippen molar-refractivity contribution in [2.24, 2.45) is 0 Å². The number of hydrogen-bond acceptors (Lipinski definition) is 4. The van der Waals surface area contributed by atoms with Crippen LogP contribution in [0.1, 0.15) is 31.7 Å². The van der Waals surface area contributed by atoms with E-state index >= 15 is 0 Å². The van der Waals surface area contributed by atoms with E-state index in [1.165, 1.54) is 4.90 Å². The molecule has 1 aromatic rings. The van der Waals surface area contributed by atoms with E-state index in [1.54, 1.807) is 30.3 Å². The summed E-state index contributed by atoms with van der Waals surface area (Å²) in [6, 6.07) is 6.14. The van der Waals surface area contributed by atoms with E-state index in [0.717, 1.165) is 30.2 Å². The third kappa shape index (κ3) is 4.34. The largest absolute Gasteiger partial charge is 0.480 e. The van der Waals surface area contributed by atoms with Gasteiger partial charge in [-0.2, -0.15) is 0 Å². The van der Waals surface area contributed by atoms with Gasteiger partial charge in [0.2, 0.25) is 0 Å². The number of halogens is 1. The standard InChI is InChI=1S/C16H16ClNO3S2/c1-2-3-4-12(15(20)21)18-14(19)13(23-16(18)22)9-10-5-7-11(17)8-6-10/h5-9,12H,2-4H2,1H3,(H,20,21)/b13-9-/t12-/m0/s1. The van der Waals surface area contributed by atoms with Gasteiger partial charge >= 0.3 is 5.97 Å². The van der Waals surface area contributed by atoms with E-state index in [9.17, 15) is 14.7 Å². The molecule has 4 nitrogen and oxygen atoms in total. The van der Waals surface area contributed by atoms with Crippen molar-refractivity contribution in [3.8, 4) is 0 Å². The second-order valence-corrected chi connectivity index (χ2v) is 7.21. The molecule has 122 valence electrons. The Labute approximate surface area is 149 Å². The maximum Gasteiger partial charge on any atom is 0.326 e. The van der Waals surface area contributed by atoms with Crippen LogP contribution in [0.4, 0.5) is 0 Å². The van der Waals surface area contributed by atoms with Gasteiger partial charge in [0.25, 0.3) is 5.91 Å². The van der Waals surface area contributed by atoms with Crippen molar-refractivity contribution < 1.29 is 14.7 Å². The summed E-state index contributed by atoms with van der Waals surface area (Å²) >= 11 is 12.2. The van der Waals surface area contributed by atoms with Gasteiger partial charge in [0, 0.05) is 5.02 Å². The number of nitrogens with zero attached hydrogens (tertiary/aromatic N) is 1. The lowest BCUT2D eigenvalue weighted by molar-refractivity contribution is -0.145. The van der Waals surface area contributed by atoms with Gasteiger partial charge in [-0.3, -0.25) is 9.69 Å². The van der Waals surface area contributed by atoms with E-state index in [2.05, 4.69) is 0 Å². The number of thiocarbonyl (C=S) groups is 1. The van der Waals surface area contributed by atoms with Crippen LogP contribution in [-0.4, -0.2) is 32.2 Å². The molecule has 1 fully saturated rings. The average molecular weight is 370 g/mol. The van der Waals surface area contributed by atoms with Crippen LogP contribution in [0.5, 0.6) is 0 Å². The minimum absolute atomic E-state index is 0.290. The minimum atomic E-state index is -1.03. The van der Waals surface area contributed by atoms with Crippen molar-refractivity contribution >= 4 is 57.9 Å². The topological polar surface area (TPSA) is 57.6 Å². The number of unbranched alkanes of at least 4 members (excludes halogenated alkanes) is 1. The number of thioether (sulfide) groups is 1. The number of carbonyl (C=O) groups excluding carboxylic acids is 1. The summed E-state index contributed by atoms with van der Waals surface area (Å²) in [6.07, 6.45) is 3.68. The normalized spacial score (nSPS) is 17.8. The van der Waals surface area contributed by atoms with Crippen LogP contribution in [-0.2, 0) is 9.59 Å². The Morgan fingerprint density at radius 3 is 2.65 bits per heavy atom. The summed E-state index contributed by atoms with van der Waals surface area (Å²) in [7, 11) is 0. The molecule has 1 N–H and O–H groups in total. The van der Waals surface area contributed by atoms with Gasteiger partial charge in [-0.25, -0.2) is 4.79 Å². The maximum atomic E-state index is 12.6. The summed E-state index contributed by atoms with van der Waals surface area (Å²) in [5.41, 5.74) is 0.815. The predicted octanol–water partition coefficient (Wildman–Crippen LogP) is 4.18. The SMILES string of the molecule is CCCC[C@@H](C(=O)O)N1C(=O)/C(=C/c2ccc(Cl)cc2)SC1=S. The molecule has 0 radical (unpaired) electrons. The Morgan fingerprint density at radius 2 is 2.09 bits per heavy atom. The molecule has 7 heteroatoms. The van der Waals surface area contributed by atoms with E-state index in [0.29, 0.717) is 20.7 Å². The molecule has 1 aliphatic heterocycles. The van der Waals surface area contributed by atoms with Crippen LogP contribution in [0.15, 0.2) is 29.2 Å². The number of carboxylic acids is 1. The highest BCUT2D eigenvalue weighted by molar-refractivity contribution is 8.26.